The number of hydrogen-bond acceptors (Lipinski definition) is 4. The van der Waals surface area contributed by atoms with Gasteiger partial charge in [-0.05, 0) is 19.1 Å². The summed E-state index contributed by atoms with van der Waals surface area (Å²) in [5.41, 5.74) is -1.03. The van der Waals surface area contributed by atoms with E-state index in [1.54, 1.807) is 13.2 Å². The van der Waals surface area contributed by atoms with Gasteiger partial charge in [0.15, 0.2) is 5.69 Å². The van der Waals surface area contributed by atoms with Gasteiger partial charge in [-0.25, -0.2) is 0 Å². The molecule has 4 nitrogen and oxygen atoms in total. The van der Waals surface area contributed by atoms with Crippen LogP contribution < -0.4 is 5.32 Å². The van der Waals surface area contributed by atoms with Crippen molar-refractivity contribution in [2.75, 3.05) is 17.3 Å². The van der Waals surface area contributed by atoms with Crippen LogP contribution in [-0.2, 0) is 17.0 Å². The van der Waals surface area contributed by atoms with Crippen molar-refractivity contribution >= 4 is 16.6 Å². The van der Waals surface area contributed by atoms with Crippen molar-refractivity contribution in [2.24, 2.45) is 0 Å². The molecule has 1 heterocycles. The highest BCUT2D eigenvalue weighted by molar-refractivity contribution is 7.84. The standard InChI is InChI=1S/C9H12F3N3OS/c1-6(5-17(2)16)13-8-4-3-7(14-15-8)9(10,11)12/h3-4,6H,5H2,1-2H3,(H,13,15). The average molecular weight is 267 g/mol. The van der Waals surface area contributed by atoms with Gasteiger partial charge >= 0.3 is 6.18 Å². The molecule has 0 saturated carbocycles. The third kappa shape index (κ3) is 4.68. The van der Waals surface area contributed by atoms with Crippen molar-refractivity contribution in [1.29, 1.82) is 0 Å². The Morgan fingerprint density at radius 2 is 2.06 bits per heavy atom. The highest BCUT2D eigenvalue weighted by Gasteiger charge is 2.32. The summed E-state index contributed by atoms with van der Waals surface area (Å²) in [5, 5.41) is 9.30. The first kappa shape index (κ1) is 13.9. The van der Waals surface area contributed by atoms with Crippen LogP contribution in [0.4, 0.5) is 19.0 Å². The van der Waals surface area contributed by atoms with Crippen molar-refractivity contribution < 1.29 is 17.4 Å². The third-order valence-corrected chi connectivity index (χ3v) is 2.80. The Kier molecular flexibility index (Phi) is 4.44. The molecule has 2 unspecified atom stereocenters. The van der Waals surface area contributed by atoms with Crippen molar-refractivity contribution in [3.05, 3.63) is 17.8 Å². The van der Waals surface area contributed by atoms with Crippen molar-refractivity contribution in [1.82, 2.24) is 10.2 Å². The number of nitrogens with one attached hydrogen (secondary N) is 1. The van der Waals surface area contributed by atoms with Gasteiger partial charge in [0.2, 0.25) is 0 Å². The molecule has 0 aromatic carbocycles. The van der Waals surface area contributed by atoms with E-state index < -0.39 is 22.7 Å². The SMILES string of the molecule is CC(CS(C)=O)Nc1ccc(C(F)(F)F)nn1. The Hall–Kier alpha value is -1.18. The summed E-state index contributed by atoms with van der Waals surface area (Å²) in [7, 11) is -0.978. The van der Waals surface area contributed by atoms with Crippen LogP contribution in [0, 0.1) is 0 Å². The zero-order valence-corrected chi connectivity index (χ0v) is 10.1. The summed E-state index contributed by atoms with van der Waals surface area (Å²) in [4.78, 5) is 0. The molecule has 2 atom stereocenters. The molecule has 1 rings (SSSR count). The monoisotopic (exact) mass is 267 g/mol. The van der Waals surface area contributed by atoms with Gasteiger partial charge in [0.05, 0.1) is 0 Å². The number of aromatic nitrogens is 2. The third-order valence-electron chi connectivity index (χ3n) is 1.83. The van der Waals surface area contributed by atoms with Crippen LogP contribution in [0.5, 0.6) is 0 Å². The first-order chi connectivity index (χ1) is 7.79. The molecule has 1 N–H and O–H groups in total. The Bertz CT molecular complexity index is 393. The number of rotatable bonds is 4. The molecule has 0 bridgehead atoms. The van der Waals surface area contributed by atoms with Crippen LogP contribution >= 0.6 is 0 Å². The molecule has 1 aromatic rings. The van der Waals surface area contributed by atoms with Gasteiger partial charge in [-0.3, -0.25) is 4.21 Å². The van der Waals surface area contributed by atoms with Crippen molar-refractivity contribution in [3.8, 4) is 0 Å². The van der Waals surface area contributed by atoms with E-state index >= 15 is 0 Å². The number of anilines is 1. The van der Waals surface area contributed by atoms with Crippen LogP contribution in [0.1, 0.15) is 12.6 Å². The molecule has 17 heavy (non-hydrogen) atoms. The number of nitrogens with zero attached hydrogens (tertiary/aromatic N) is 2. The Balaban J connectivity index is 2.66. The fourth-order valence-corrected chi connectivity index (χ4v) is 1.99. The highest BCUT2D eigenvalue weighted by atomic mass is 32.2. The summed E-state index contributed by atoms with van der Waals surface area (Å²) in [6.07, 6.45) is -2.93. The minimum absolute atomic E-state index is 0.146. The molecule has 0 amide bonds. The fourth-order valence-electron chi connectivity index (χ4n) is 1.21. The van der Waals surface area contributed by atoms with Crippen molar-refractivity contribution in [2.45, 2.75) is 19.1 Å². The van der Waals surface area contributed by atoms with Gasteiger partial charge in [0.1, 0.15) is 5.82 Å². The second kappa shape index (κ2) is 5.44. The van der Waals surface area contributed by atoms with Crippen LogP contribution in [0.2, 0.25) is 0 Å². The quantitative estimate of drug-likeness (QED) is 0.901. The first-order valence-electron chi connectivity index (χ1n) is 4.76. The lowest BCUT2D eigenvalue weighted by Crippen LogP contribution is -2.23. The Morgan fingerprint density at radius 3 is 2.47 bits per heavy atom. The summed E-state index contributed by atoms with van der Waals surface area (Å²) in [6, 6.07) is 1.91. The van der Waals surface area contributed by atoms with E-state index in [9.17, 15) is 17.4 Å². The smallest absolute Gasteiger partial charge is 0.365 e. The summed E-state index contributed by atoms with van der Waals surface area (Å²) < 4.78 is 47.5. The molecule has 0 spiro atoms. The fraction of sp³-hybridized carbons (Fsp3) is 0.556. The van der Waals surface area contributed by atoms with Crippen LogP contribution in [0.3, 0.4) is 0 Å². The minimum atomic E-state index is -4.48. The van der Waals surface area contributed by atoms with Crippen LogP contribution in [-0.4, -0.2) is 32.5 Å². The summed E-state index contributed by atoms with van der Waals surface area (Å²) in [6.45, 7) is 1.76. The Labute approximate surface area is 99.1 Å². The summed E-state index contributed by atoms with van der Waals surface area (Å²) in [5.74, 6) is 0.624. The number of alkyl halides is 3. The van der Waals surface area contributed by atoms with E-state index in [0.717, 1.165) is 6.07 Å². The molecule has 0 saturated heterocycles. The zero-order valence-electron chi connectivity index (χ0n) is 9.28. The van der Waals surface area contributed by atoms with Gasteiger partial charge in [-0.1, -0.05) is 0 Å². The van der Waals surface area contributed by atoms with E-state index in [2.05, 4.69) is 15.5 Å². The van der Waals surface area contributed by atoms with E-state index in [1.165, 1.54) is 6.07 Å². The van der Waals surface area contributed by atoms with E-state index in [0.29, 0.717) is 5.75 Å². The maximum atomic E-state index is 12.2. The molecule has 1 aromatic heterocycles. The molecule has 0 radical (unpaired) electrons. The molecular weight excluding hydrogens is 255 g/mol. The highest BCUT2D eigenvalue weighted by Crippen LogP contribution is 2.27. The predicted octanol–water partition coefficient (Wildman–Crippen LogP) is 1.67. The van der Waals surface area contributed by atoms with Gasteiger partial charge in [-0.2, -0.15) is 13.2 Å². The molecular formula is C9H12F3N3OS. The van der Waals surface area contributed by atoms with Gasteiger partial charge < -0.3 is 5.32 Å². The van der Waals surface area contributed by atoms with E-state index in [4.69, 9.17) is 0 Å². The topological polar surface area (TPSA) is 54.9 Å². The summed E-state index contributed by atoms with van der Waals surface area (Å²) >= 11 is 0. The van der Waals surface area contributed by atoms with Gasteiger partial charge in [-0.15, -0.1) is 10.2 Å². The van der Waals surface area contributed by atoms with Gasteiger partial charge in [0.25, 0.3) is 0 Å². The lowest BCUT2D eigenvalue weighted by atomic mass is 10.3. The zero-order chi connectivity index (χ0) is 13.1. The molecule has 0 aliphatic rings. The predicted molar refractivity (Wildman–Crippen MR) is 59.1 cm³/mol. The maximum absolute atomic E-state index is 12.2. The normalized spacial score (nSPS) is 15.4. The van der Waals surface area contributed by atoms with Crippen LogP contribution in [0.15, 0.2) is 12.1 Å². The molecule has 8 heteroatoms. The second-order valence-corrected chi connectivity index (χ2v) is 5.07. The Morgan fingerprint density at radius 1 is 1.41 bits per heavy atom. The molecule has 0 aliphatic heterocycles. The van der Waals surface area contributed by atoms with Crippen molar-refractivity contribution in [3.63, 3.8) is 0 Å². The number of hydrogen-bond donors (Lipinski definition) is 1. The van der Waals surface area contributed by atoms with Gasteiger partial charge in [0, 0.05) is 28.9 Å². The first-order valence-corrected chi connectivity index (χ1v) is 6.49. The maximum Gasteiger partial charge on any atom is 0.435 e. The minimum Gasteiger partial charge on any atom is -0.365 e. The lowest BCUT2D eigenvalue weighted by Gasteiger charge is -2.12. The second-order valence-electron chi connectivity index (χ2n) is 3.59. The number of halogens is 3. The molecule has 0 fully saturated rings. The largest absolute Gasteiger partial charge is 0.435 e. The average Bonchev–Trinajstić information content (AvgIpc) is 2.15. The molecule has 96 valence electrons. The lowest BCUT2D eigenvalue weighted by molar-refractivity contribution is -0.141. The van der Waals surface area contributed by atoms with E-state index in [-0.39, 0.29) is 11.9 Å². The van der Waals surface area contributed by atoms with Crippen LogP contribution in [0.25, 0.3) is 0 Å². The molecule has 0 aliphatic carbocycles. The van der Waals surface area contributed by atoms with E-state index in [1.807, 2.05) is 0 Å².